The third-order valence-electron chi connectivity index (χ3n) is 6.55. The van der Waals surface area contributed by atoms with Gasteiger partial charge in [-0.25, -0.2) is 4.98 Å². The molecule has 0 radical (unpaired) electrons. The van der Waals surface area contributed by atoms with E-state index in [-0.39, 0.29) is 22.8 Å². The molecular weight excluding hydrogens is 438 g/mol. The number of pyridine rings is 1. The Kier molecular flexibility index (Phi) is 7.11. The summed E-state index contributed by atoms with van der Waals surface area (Å²) in [5, 5.41) is 3.77. The number of imidazole rings is 1. The Morgan fingerprint density at radius 3 is 2.49 bits per heavy atom. The van der Waals surface area contributed by atoms with Crippen molar-refractivity contribution in [1.29, 1.82) is 0 Å². The van der Waals surface area contributed by atoms with Gasteiger partial charge in [-0.15, -0.1) is 0 Å². The van der Waals surface area contributed by atoms with Crippen molar-refractivity contribution >= 4 is 17.4 Å². The quantitative estimate of drug-likeness (QED) is 0.290. The van der Waals surface area contributed by atoms with E-state index < -0.39 is 0 Å². The molecule has 3 aromatic rings. The van der Waals surface area contributed by atoms with E-state index in [1.807, 2.05) is 42.6 Å². The molecule has 0 atom stereocenters. The number of carbonyl (C=O) groups is 1. The molecule has 2 aromatic heterocycles. The minimum atomic E-state index is -0.158. The lowest BCUT2D eigenvalue weighted by atomic mass is 9.82. The predicted molar refractivity (Wildman–Crippen MR) is 141 cm³/mol. The summed E-state index contributed by atoms with van der Waals surface area (Å²) in [5.41, 5.74) is 2.62. The maximum atomic E-state index is 12.7. The molecular formula is C29H39N3O3. The van der Waals surface area contributed by atoms with Gasteiger partial charge in [0.1, 0.15) is 17.2 Å². The zero-order valence-corrected chi connectivity index (χ0v) is 22.0. The summed E-state index contributed by atoms with van der Waals surface area (Å²) in [6.45, 7) is 11.2. The van der Waals surface area contributed by atoms with Crippen LogP contribution in [0, 0.1) is 11.3 Å². The van der Waals surface area contributed by atoms with Crippen LogP contribution in [0.5, 0.6) is 11.5 Å². The Hall–Kier alpha value is -3.02. The minimum Gasteiger partial charge on any atom is -0.493 e. The van der Waals surface area contributed by atoms with Gasteiger partial charge in [0.2, 0.25) is 0 Å². The first-order chi connectivity index (χ1) is 16.6. The second-order valence-corrected chi connectivity index (χ2v) is 11.6. The van der Waals surface area contributed by atoms with Gasteiger partial charge >= 0.3 is 5.97 Å². The molecule has 4 rings (SSSR count). The lowest BCUT2D eigenvalue weighted by Gasteiger charge is -2.34. The smallest absolute Gasteiger partial charge is 0.314 e. The number of anilines is 1. The molecule has 1 fully saturated rings. The monoisotopic (exact) mass is 477 g/mol. The number of hydrogen-bond donors (Lipinski definition) is 1. The van der Waals surface area contributed by atoms with E-state index in [1.54, 1.807) is 7.11 Å². The fraction of sp³-hybridized carbons (Fsp3) is 0.517. The van der Waals surface area contributed by atoms with Crippen molar-refractivity contribution in [1.82, 2.24) is 9.38 Å². The lowest BCUT2D eigenvalue weighted by Crippen LogP contribution is -2.36. The summed E-state index contributed by atoms with van der Waals surface area (Å²) in [6.07, 6.45) is 8.19. The van der Waals surface area contributed by atoms with Gasteiger partial charge in [0.25, 0.3) is 0 Å². The Bertz CT molecular complexity index is 1180. The Morgan fingerprint density at radius 1 is 1.06 bits per heavy atom. The number of esters is 1. The molecule has 0 saturated heterocycles. The normalized spacial score (nSPS) is 15.3. The van der Waals surface area contributed by atoms with E-state index in [9.17, 15) is 4.79 Å². The third kappa shape index (κ3) is 5.98. The van der Waals surface area contributed by atoms with Gasteiger partial charge in [0, 0.05) is 17.3 Å². The first-order valence-corrected chi connectivity index (χ1v) is 12.7. The van der Waals surface area contributed by atoms with Crippen LogP contribution in [0.3, 0.4) is 0 Å². The van der Waals surface area contributed by atoms with Crippen molar-refractivity contribution in [3.05, 3.63) is 42.6 Å². The lowest BCUT2D eigenvalue weighted by molar-refractivity contribution is -0.140. The molecule has 1 aromatic carbocycles. The van der Waals surface area contributed by atoms with Crippen LogP contribution in [-0.2, 0) is 4.79 Å². The standard InChI is InChI=1S/C29H39N3O3/c1-28(2,3)19-29(4,5)31-26-25(30-24-14-10-11-17-32(24)26)21-15-16-22(23(18-21)34-6)35-27(33)20-12-8-7-9-13-20/h10-11,14-18,20,31H,7-9,12-13,19H2,1-6H3. The Balaban J connectivity index is 1.68. The van der Waals surface area contributed by atoms with Crippen molar-refractivity contribution in [2.45, 2.75) is 78.7 Å². The number of ether oxygens (including phenoxy) is 2. The number of rotatable bonds is 7. The zero-order chi connectivity index (χ0) is 25.2. The first-order valence-electron chi connectivity index (χ1n) is 12.7. The topological polar surface area (TPSA) is 64.9 Å². The van der Waals surface area contributed by atoms with Gasteiger partial charge in [-0.2, -0.15) is 0 Å². The van der Waals surface area contributed by atoms with E-state index in [1.165, 1.54) is 6.42 Å². The van der Waals surface area contributed by atoms with Crippen LogP contribution in [0.15, 0.2) is 42.6 Å². The van der Waals surface area contributed by atoms with Crippen LogP contribution < -0.4 is 14.8 Å². The van der Waals surface area contributed by atoms with E-state index in [0.29, 0.717) is 11.5 Å². The van der Waals surface area contributed by atoms with Crippen molar-refractivity contribution in [3.63, 3.8) is 0 Å². The molecule has 1 aliphatic carbocycles. The molecule has 0 bridgehead atoms. The molecule has 1 N–H and O–H groups in total. The third-order valence-corrected chi connectivity index (χ3v) is 6.55. The average molecular weight is 478 g/mol. The van der Waals surface area contributed by atoms with E-state index in [2.05, 4.69) is 44.3 Å². The first kappa shape index (κ1) is 25.1. The molecule has 35 heavy (non-hydrogen) atoms. The SMILES string of the molecule is COc1cc(-c2nc3ccccn3c2NC(C)(C)CC(C)(C)C)ccc1OC(=O)C1CCCCC1. The highest BCUT2D eigenvalue weighted by Gasteiger charge is 2.29. The molecule has 2 heterocycles. The number of hydrogen-bond acceptors (Lipinski definition) is 5. The minimum absolute atomic E-state index is 0.0209. The van der Waals surface area contributed by atoms with E-state index in [4.69, 9.17) is 14.5 Å². The summed E-state index contributed by atoms with van der Waals surface area (Å²) in [7, 11) is 1.60. The molecule has 0 unspecified atom stereocenters. The van der Waals surface area contributed by atoms with Crippen LogP contribution in [0.1, 0.15) is 73.1 Å². The highest BCUT2D eigenvalue weighted by Crippen LogP contribution is 2.38. The van der Waals surface area contributed by atoms with Crippen LogP contribution in [0.2, 0.25) is 0 Å². The maximum Gasteiger partial charge on any atom is 0.314 e. The van der Waals surface area contributed by atoms with Crippen LogP contribution >= 0.6 is 0 Å². The number of nitrogens with one attached hydrogen (secondary N) is 1. The van der Waals surface area contributed by atoms with Gasteiger partial charge in [-0.1, -0.05) is 46.1 Å². The summed E-state index contributed by atoms with van der Waals surface area (Å²) in [6, 6.07) is 11.7. The van der Waals surface area contributed by atoms with Crippen molar-refractivity contribution in [2.24, 2.45) is 11.3 Å². The van der Waals surface area contributed by atoms with Crippen LogP contribution in [0.4, 0.5) is 5.82 Å². The van der Waals surface area contributed by atoms with Gasteiger partial charge in [-0.3, -0.25) is 9.20 Å². The van der Waals surface area contributed by atoms with Crippen molar-refractivity contribution in [2.75, 3.05) is 12.4 Å². The second-order valence-electron chi connectivity index (χ2n) is 11.6. The van der Waals surface area contributed by atoms with Gasteiger partial charge < -0.3 is 14.8 Å². The molecule has 6 heteroatoms. The highest BCUT2D eigenvalue weighted by molar-refractivity contribution is 5.80. The van der Waals surface area contributed by atoms with E-state index >= 15 is 0 Å². The van der Waals surface area contributed by atoms with Crippen LogP contribution in [0.25, 0.3) is 16.9 Å². The molecule has 1 aliphatic rings. The summed E-state index contributed by atoms with van der Waals surface area (Å²) in [5.74, 6) is 1.74. The second kappa shape index (κ2) is 9.92. The number of methoxy groups -OCH3 is 1. The molecule has 6 nitrogen and oxygen atoms in total. The summed E-state index contributed by atoms with van der Waals surface area (Å²) >= 11 is 0. The van der Waals surface area contributed by atoms with E-state index in [0.717, 1.165) is 54.8 Å². The molecule has 0 spiro atoms. The number of nitrogens with zero attached hydrogens (tertiary/aromatic N) is 2. The van der Waals surface area contributed by atoms with Crippen molar-refractivity contribution in [3.8, 4) is 22.8 Å². The van der Waals surface area contributed by atoms with Gasteiger partial charge in [0.05, 0.1) is 13.0 Å². The largest absolute Gasteiger partial charge is 0.493 e. The Labute approximate surface area is 209 Å². The summed E-state index contributed by atoms with van der Waals surface area (Å²) < 4.78 is 13.5. The highest BCUT2D eigenvalue weighted by atomic mass is 16.6. The average Bonchev–Trinajstić information content (AvgIpc) is 3.16. The number of benzene rings is 1. The number of fused-ring (bicyclic) bond motifs is 1. The zero-order valence-electron chi connectivity index (χ0n) is 22.0. The van der Waals surface area contributed by atoms with Gasteiger partial charge in [-0.05, 0) is 68.9 Å². The Morgan fingerprint density at radius 2 is 1.80 bits per heavy atom. The molecule has 1 saturated carbocycles. The maximum absolute atomic E-state index is 12.7. The van der Waals surface area contributed by atoms with Gasteiger partial charge in [0.15, 0.2) is 11.5 Å². The molecule has 188 valence electrons. The number of aromatic nitrogens is 2. The number of carbonyl (C=O) groups excluding carboxylic acids is 1. The summed E-state index contributed by atoms with van der Waals surface area (Å²) in [4.78, 5) is 17.7. The van der Waals surface area contributed by atoms with Crippen LogP contribution in [-0.4, -0.2) is 28.0 Å². The molecule has 0 amide bonds. The van der Waals surface area contributed by atoms with Crippen molar-refractivity contribution < 1.29 is 14.3 Å². The predicted octanol–water partition coefficient (Wildman–Crippen LogP) is 7.12. The fourth-order valence-corrected chi connectivity index (χ4v) is 5.44. The fourth-order valence-electron chi connectivity index (χ4n) is 5.44. The molecule has 0 aliphatic heterocycles.